The van der Waals surface area contributed by atoms with E-state index in [0.717, 1.165) is 21.5 Å². The first kappa shape index (κ1) is 13.6. The first-order chi connectivity index (χ1) is 10.1. The largest absolute Gasteiger partial charge is 0.397 e. The standard InChI is InChI=1S/C15H16N4OS/c1-9-13(21-8-17-9)7-19(2)15(20)12-6-10-4-3-5-11(16)14(10)18-12/h3-6,8,18H,7,16H2,1-2H3. The van der Waals surface area contributed by atoms with Gasteiger partial charge in [-0.2, -0.15) is 0 Å². The number of hydrogen-bond acceptors (Lipinski definition) is 4. The molecule has 2 aromatic heterocycles. The first-order valence-corrected chi connectivity index (χ1v) is 7.46. The van der Waals surface area contributed by atoms with E-state index in [1.165, 1.54) is 0 Å². The van der Waals surface area contributed by atoms with Crippen LogP contribution < -0.4 is 5.73 Å². The van der Waals surface area contributed by atoms with Gasteiger partial charge in [0, 0.05) is 17.3 Å². The lowest BCUT2D eigenvalue weighted by Crippen LogP contribution is -2.26. The van der Waals surface area contributed by atoms with Crippen molar-refractivity contribution >= 4 is 33.8 Å². The second-order valence-corrected chi connectivity index (χ2v) is 5.96. The molecule has 5 nitrogen and oxygen atoms in total. The summed E-state index contributed by atoms with van der Waals surface area (Å²) in [4.78, 5) is 22.6. The quantitative estimate of drug-likeness (QED) is 0.730. The Balaban J connectivity index is 1.86. The van der Waals surface area contributed by atoms with Gasteiger partial charge in [-0.1, -0.05) is 12.1 Å². The van der Waals surface area contributed by atoms with E-state index in [9.17, 15) is 4.79 Å². The van der Waals surface area contributed by atoms with Crippen LogP contribution in [-0.4, -0.2) is 27.8 Å². The summed E-state index contributed by atoms with van der Waals surface area (Å²) in [6.45, 7) is 2.51. The number of carbonyl (C=O) groups excluding carboxylic acids is 1. The smallest absolute Gasteiger partial charge is 0.270 e. The number of fused-ring (bicyclic) bond motifs is 1. The van der Waals surface area contributed by atoms with Gasteiger partial charge in [0.2, 0.25) is 0 Å². The molecule has 0 fully saturated rings. The van der Waals surface area contributed by atoms with Gasteiger partial charge in [0.05, 0.1) is 29.0 Å². The zero-order valence-corrected chi connectivity index (χ0v) is 12.7. The van der Waals surface area contributed by atoms with Gasteiger partial charge >= 0.3 is 0 Å². The van der Waals surface area contributed by atoms with Gasteiger partial charge in [-0.15, -0.1) is 11.3 Å². The fourth-order valence-electron chi connectivity index (χ4n) is 2.27. The number of aryl methyl sites for hydroxylation is 1. The molecule has 0 saturated carbocycles. The Hall–Kier alpha value is -2.34. The summed E-state index contributed by atoms with van der Waals surface area (Å²) in [7, 11) is 1.79. The lowest BCUT2D eigenvalue weighted by atomic mass is 10.2. The Labute approximate surface area is 126 Å². The predicted octanol–water partition coefficient (Wildman–Crippen LogP) is 2.79. The number of rotatable bonds is 3. The van der Waals surface area contributed by atoms with Gasteiger partial charge in [0.25, 0.3) is 5.91 Å². The van der Waals surface area contributed by atoms with Gasteiger partial charge in [-0.05, 0) is 19.1 Å². The highest BCUT2D eigenvalue weighted by molar-refractivity contribution is 7.09. The average Bonchev–Trinajstić information content (AvgIpc) is 3.06. The molecule has 0 spiro atoms. The highest BCUT2D eigenvalue weighted by Crippen LogP contribution is 2.22. The van der Waals surface area contributed by atoms with Crippen molar-refractivity contribution in [2.75, 3.05) is 12.8 Å². The Bertz CT molecular complexity index is 805. The molecule has 1 aromatic carbocycles. The molecule has 0 saturated heterocycles. The minimum absolute atomic E-state index is 0.0570. The molecule has 0 unspecified atom stereocenters. The van der Waals surface area contributed by atoms with Crippen molar-refractivity contribution in [1.82, 2.24) is 14.9 Å². The van der Waals surface area contributed by atoms with E-state index in [1.807, 2.05) is 31.2 Å². The normalized spacial score (nSPS) is 11.0. The first-order valence-electron chi connectivity index (χ1n) is 6.58. The molecular weight excluding hydrogens is 284 g/mol. The second-order valence-electron chi connectivity index (χ2n) is 5.02. The second kappa shape index (κ2) is 5.21. The topological polar surface area (TPSA) is 75.0 Å². The van der Waals surface area contributed by atoms with Crippen LogP contribution in [0.4, 0.5) is 5.69 Å². The van der Waals surface area contributed by atoms with E-state index >= 15 is 0 Å². The molecule has 6 heteroatoms. The SMILES string of the molecule is Cc1ncsc1CN(C)C(=O)c1cc2cccc(N)c2[nH]1. The Morgan fingerprint density at radius 1 is 1.48 bits per heavy atom. The number of hydrogen-bond donors (Lipinski definition) is 2. The molecule has 0 aliphatic rings. The average molecular weight is 300 g/mol. The highest BCUT2D eigenvalue weighted by atomic mass is 32.1. The molecule has 1 amide bonds. The van der Waals surface area contributed by atoms with E-state index in [2.05, 4.69) is 9.97 Å². The number of benzene rings is 1. The van der Waals surface area contributed by atoms with Gasteiger partial charge in [0.1, 0.15) is 5.69 Å². The van der Waals surface area contributed by atoms with Crippen LogP contribution >= 0.6 is 11.3 Å². The third kappa shape index (κ3) is 2.50. The van der Waals surface area contributed by atoms with Gasteiger partial charge in [-0.25, -0.2) is 4.98 Å². The van der Waals surface area contributed by atoms with Gasteiger partial charge in [-0.3, -0.25) is 4.79 Å². The third-order valence-electron chi connectivity index (χ3n) is 3.49. The molecule has 0 bridgehead atoms. The number of H-pyrrole nitrogens is 1. The molecule has 2 heterocycles. The number of nitrogens with two attached hydrogens (primary N) is 1. The number of aromatic nitrogens is 2. The summed E-state index contributed by atoms with van der Waals surface area (Å²) < 4.78 is 0. The summed E-state index contributed by atoms with van der Waals surface area (Å²) in [5.41, 5.74) is 10.7. The Morgan fingerprint density at radius 3 is 2.95 bits per heavy atom. The van der Waals surface area contributed by atoms with Crippen LogP contribution in [0.2, 0.25) is 0 Å². The molecule has 0 aliphatic carbocycles. The minimum atomic E-state index is -0.0570. The van der Waals surface area contributed by atoms with E-state index < -0.39 is 0 Å². The van der Waals surface area contributed by atoms with Crippen LogP contribution in [0, 0.1) is 6.92 Å². The van der Waals surface area contributed by atoms with Crippen molar-refractivity contribution in [3.63, 3.8) is 0 Å². The fraction of sp³-hybridized carbons (Fsp3) is 0.200. The van der Waals surface area contributed by atoms with Crippen LogP contribution in [-0.2, 0) is 6.54 Å². The highest BCUT2D eigenvalue weighted by Gasteiger charge is 2.16. The van der Waals surface area contributed by atoms with E-state index in [1.54, 1.807) is 28.8 Å². The maximum atomic E-state index is 12.5. The van der Waals surface area contributed by atoms with E-state index in [4.69, 9.17) is 5.73 Å². The molecule has 0 atom stereocenters. The molecule has 21 heavy (non-hydrogen) atoms. The van der Waals surface area contributed by atoms with Crippen LogP contribution in [0.25, 0.3) is 10.9 Å². The monoisotopic (exact) mass is 300 g/mol. The zero-order valence-electron chi connectivity index (χ0n) is 11.9. The van der Waals surface area contributed by atoms with Crippen LogP contribution in [0.15, 0.2) is 29.8 Å². The van der Waals surface area contributed by atoms with Gasteiger partial charge < -0.3 is 15.6 Å². The Kier molecular flexibility index (Phi) is 3.39. The predicted molar refractivity (Wildman–Crippen MR) is 85.4 cm³/mol. The lowest BCUT2D eigenvalue weighted by Gasteiger charge is -2.15. The number of amides is 1. The lowest BCUT2D eigenvalue weighted by molar-refractivity contribution is 0.0781. The number of thiazole rings is 1. The third-order valence-corrected chi connectivity index (χ3v) is 4.41. The summed E-state index contributed by atoms with van der Waals surface area (Å²) in [5, 5.41) is 0.945. The number of nitrogens with zero attached hydrogens (tertiary/aromatic N) is 2. The number of carbonyl (C=O) groups is 1. The molecule has 0 aliphatic heterocycles. The molecule has 3 aromatic rings. The zero-order chi connectivity index (χ0) is 15.0. The number of anilines is 1. The van der Waals surface area contributed by atoms with Crippen LogP contribution in [0.1, 0.15) is 21.1 Å². The number of nitrogen functional groups attached to an aromatic ring is 1. The molecule has 0 radical (unpaired) electrons. The summed E-state index contributed by atoms with van der Waals surface area (Å²) in [6, 6.07) is 7.47. The number of nitrogens with one attached hydrogen (secondary N) is 1. The van der Waals surface area contributed by atoms with Crippen molar-refractivity contribution in [3.8, 4) is 0 Å². The molecule has 3 rings (SSSR count). The fourth-order valence-corrected chi connectivity index (χ4v) is 3.10. The summed E-state index contributed by atoms with van der Waals surface area (Å²) in [6.07, 6.45) is 0. The minimum Gasteiger partial charge on any atom is -0.397 e. The maximum Gasteiger partial charge on any atom is 0.270 e. The van der Waals surface area contributed by atoms with Crippen molar-refractivity contribution in [2.45, 2.75) is 13.5 Å². The maximum absolute atomic E-state index is 12.5. The number of para-hydroxylation sites is 1. The van der Waals surface area contributed by atoms with Crippen molar-refractivity contribution in [1.29, 1.82) is 0 Å². The summed E-state index contributed by atoms with van der Waals surface area (Å²) >= 11 is 1.56. The molecular formula is C15H16N4OS. The van der Waals surface area contributed by atoms with Crippen molar-refractivity contribution < 1.29 is 4.79 Å². The Morgan fingerprint density at radius 2 is 2.29 bits per heavy atom. The van der Waals surface area contributed by atoms with E-state index in [-0.39, 0.29) is 5.91 Å². The van der Waals surface area contributed by atoms with Crippen molar-refractivity contribution in [2.24, 2.45) is 0 Å². The molecule has 108 valence electrons. The van der Waals surface area contributed by atoms with E-state index in [0.29, 0.717) is 17.9 Å². The summed E-state index contributed by atoms with van der Waals surface area (Å²) in [5.74, 6) is -0.0570. The number of aromatic amines is 1. The van der Waals surface area contributed by atoms with Crippen LogP contribution in [0.3, 0.4) is 0 Å². The van der Waals surface area contributed by atoms with Crippen LogP contribution in [0.5, 0.6) is 0 Å². The van der Waals surface area contributed by atoms with Crippen molar-refractivity contribution in [3.05, 3.63) is 46.0 Å². The molecule has 3 N–H and O–H groups in total. The van der Waals surface area contributed by atoms with Gasteiger partial charge in [0.15, 0.2) is 0 Å².